The molecule has 0 spiro atoms. The second-order valence-corrected chi connectivity index (χ2v) is 6.04. The number of carboxylic acids is 1. The normalized spacial score (nSPS) is 12.2. The Labute approximate surface area is 135 Å². The van der Waals surface area contributed by atoms with Crippen LogP contribution in [-0.4, -0.2) is 16.2 Å². The molecular weight excluding hydrogens is 414 g/mol. The van der Waals surface area contributed by atoms with E-state index in [0.29, 0.717) is 10.5 Å². The van der Waals surface area contributed by atoms with Crippen molar-refractivity contribution in [1.82, 2.24) is 0 Å². The van der Waals surface area contributed by atoms with Gasteiger partial charge in [0.2, 0.25) is 0 Å². The summed E-state index contributed by atoms with van der Waals surface area (Å²) in [6.45, 7) is 0. The van der Waals surface area contributed by atoms with Gasteiger partial charge in [-0.15, -0.1) is 0 Å². The van der Waals surface area contributed by atoms with E-state index in [0.717, 1.165) is 6.07 Å². The zero-order chi connectivity index (χ0) is 15.7. The smallest absolute Gasteiger partial charge is 0.335 e. The largest absolute Gasteiger partial charge is 0.478 e. The lowest BCUT2D eigenvalue weighted by molar-refractivity contribution is 0.0696. The third-order valence-corrected chi connectivity index (χ3v) is 3.88. The van der Waals surface area contributed by atoms with Gasteiger partial charge in [0.05, 0.1) is 10.0 Å². The summed E-state index contributed by atoms with van der Waals surface area (Å²) < 4.78 is 27.4. The number of hydrogen-bond donors (Lipinski definition) is 2. The minimum atomic E-state index is -1.42. The van der Waals surface area contributed by atoms with Crippen molar-refractivity contribution in [1.29, 1.82) is 0 Å². The van der Waals surface area contributed by atoms with E-state index in [4.69, 9.17) is 5.11 Å². The van der Waals surface area contributed by atoms with Gasteiger partial charge in [0.15, 0.2) is 0 Å². The van der Waals surface area contributed by atoms with Crippen LogP contribution in [0.3, 0.4) is 0 Å². The second-order valence-electron chi connectivity index (χ2n) is 4.27. The molecule has 0 aliphatic carbocycles. The van der Waals surface area contributed by atoms with Crippen molar-refractivity contribution in [3.63, 3.8) is 0 Å². The van der Waals surface area contributed by atoms with Crippen molar-refractivity contribution >= 4 is 37.8 Å². The van der Waals surface area contributed by atoms with Crippen molar-refractivity contribution in [2.24, 2.45) is 0 Å². The lowest BCUT2D eigenvalue weighted by atomic mass is 9.99. The molecule has 0 heterocycles. The minimum absolute atomic E-state index is 0.00593. The Bertz CT molecular complexity index is 720. The predicted molar refractivity (Wildman–Crippen MR) is 79.2 cm³/mol. The summed E-state index contributed by atoms with van der Waals surface area (Å²) in [5.41, 5.74) is -0.0306. The standard InChI is InChI=1S/C14H8Br2F2O3/c15-8-2-6(1-7(3-8)14(20)21)13(19)9-4-10(16)12(18)5-11(9)17/h1-5,13,19H,(H,20,21). The van der Waals surface area contributed by atoms with Gasteiger partial charge in [0.25, 0.3) is 0 Å². The van der Waals surface area contributed by atoms with Gasteiger partial charge in [-0.25, -0.2) is 13.6 Å². The molecule has 1 unspecified atom stereocenters. The van der Waals surface area contributed by atoms with Crippen molar-refractivity contribution < 1.29 is 23.8 Å². The molecule has 0 aromatic heterocycles. The third kappa shape index (κ3) is 3.48. The minimum Gasteiger partial charge on any atom is -0.478 e. The molecule has 2 aromatic carbocycles. The quantitative estimate of drug-likeness (QED) is 0.727. The summed E-state index contributed by atoms with van der Waals surface area (Å²) in [6, 6.07) is 5.83. The van der Waals surface area contributed by atoms with E-state index in [2.05, 4.69) is 31.9 Å². The Balaban J connectivity index is 2.52. The van der Waals surface area contributed by atoms with Gasteiger partial charge in [0, 0.05) is 16.1 Å². The molecule has 2 N–H and O–H groups in total. The highest BCUT2D eigenvalue weighted by Gasteiger charge is 2.19. The summed E-state index contributed by atoms with van der Waals surface area (Å²) in [5, 5.41) is 19.2. The highest BCUT2D eigenvalue weighted by molar-refractivity contribution is 9.10. The fourth-order valence-corrected chi connectivity index (χ4v) is 2.69. The van der Waals surface area contributed by atoms with Gasteiger partial charge < -0.3 is 10.2 Å². The average molecular weight is 422 g/mol. The Morgan fingerprint density at radius 2 is 1.71 bits per heavy atom. The average Bonchev–Trinajstić information content (AvgIpc) is 2.41. The lowest BCUT2D eigenvalue weighted by Crippen LogP contribution is -2.06. The van der Waals surface area contributed by atoms with Crippen molar-refractivity contribution in [2.75, 3.05) is 0 Å². The summed E-state index contributed by atoms with van der Waals surface area (Å²) in [4.78, 5) is 11.0. The first-order valence-electron chi connectivity index (χ1n) is 5.66. The molecule has 0 saturated heterocycles. The molecule has 0 bridgehead atoms. The number of halogens is 4. The molecular formula is C14H8Br2F2O3. The first-order chi connectivity index (χ1) is 9.79. The summed E-state index contributed by atoms with van der Waals surface area (Å²) in [7, 11) is 0. The van der Waals surface area contributed by atoms with Crippen molar-refractivity contribution in [3.05, 3.63) is 67.6 Å². The highest BCUT2D eigenvalue weighted by atomic mass is 79.9. The number of aromatic carboxylic acids is 1. The van der Waals surface area contributed by atoms with Gasteiger partial charge in [0.1, 0.15) is 17.7 Å². The monoisotopic (exact) mass is 420 g/mol. The number of rotatable bonds is 3. The molecule has 0 amide bonds. The molecule has 2 rings (SSSR count). The maximum Gasteiger partial charge on any atom is 0.335 e. The molecule has 0 fully saturated rings. The van der Waals surface area contributed by atoms with Crippen LogP contribution >= 0.6 is 31.9 Å². The van der Waals surface area contributed by atoms with Crippen LogP contribution in [0.15, 0.2) is 39.3 Å². The number of aliphatic hydroxyl groups is 1. The SMILES string of the molecule is O=C(O)c1cc(Br)cc(C(O)c2cc(Br)c(F)cc2F)c1. The van der Waals surface area contributed by atoms with Crippen molar-refractivity contribution in [2.45, 2.75) is 6.10 Å². The number of aliphatic hydroxyl groups excluding tert-OH is 1. The fraction of sp³-hybridized carbons (Fsp3) is 0.0714. The second kappa shape index (κ2) is 6.21. The van der Waals surface area contributed by atoms with E-state index < -0.39 is 23.7 Å². The third-order valence-electron chi connectivity index (χ3n) is 2.82. The molecule has 1 atom stereocenters. The van der Waals surface area contributed by atoms with E-state index in [-0.39, 0.29) is 21.2 Å². The highest BCUT2D eigenvalue weighted by Crippen LogP contribution is 2.30. The van der Waals surface area contributed by atoms with Crippen LogP contribution in [-0.2, 0) is 0 Å². The van der Waals surface area contributed by atoms with E-state index in [1.807, 2.05) is 0 Å². The van der Waals surface area contributed by atoms with Crippen LogP contribution in [0.4, 0.5) is 8.78 Å². The zero-order valence-electron chi connectivity index (χ0n) is 10.3. The van der Waals surface area contributed by atoms with Crippen LogP contribution in [0.1, 0.15) is 27.6 Å². The van der Waals surface area contributed by atoms with Crippen LogP contribution < -0.4 is 0 Å². The van der Waals surface area contributed by atoms with E-state index in [9.17, 15) is 18.7 Å². The van der Waals surface area contributed by atoms with Gasteiger partial charge in [-0.1, -0.05) is 15.9 Å². The van der Waals surface area contributed by atoms with E-state index in [1.165, 1.54) is 18.2 Å². The number of carboxylic acid groups (broad SMARTS) is 1. The Kier molecular flexibility index (Phi) is 4.75. The fourth-order valence-electron chi connectivity index (χ4n) is 1.82. The van der Waals surface area contributed by atoms with Crippen LogP contribution in [0.2, 0.25) is 0 Å². The maximum atomic E-state index is 13.8. The van der Waals surface area contributed by atoms with E-state index in [1.54, 1.807) is 0 Å². The molecule has 2 aromatic rings. The van der Waals surface area contributed by atoms with Gasteiger partial charge in [-0.3, -0.25) is 0 Å². The maximum absolute atomic E-state index is 13.8. The summed E-state index contributed by atoms with van der Waals surface area (Å²) in [5.74, 6) is -2.88. The molecule has 3 nitrogen and oxygen atoms in total. The van der Waals surface area contributed by atoms with Gasteiger partial charge >= 0.3 is 5.97 Å². The molecule has 110 valence electrons. The van der Waals surface area contributed by atoms with Gasteiger partial charge in [-0.2, -0.15) is 0 Å². The molecule has 7 heteroatoms. The zero-order valence-corrected chi connectivity index (χ0v) is 13.5. The number of carbonyl (C=O) groups is 1. The Morgan fingerprint density at radius 1 is 1.05 bits per heavy atom. The van der Waals surface area contributed by atoms with Gasteiger partial charge in [-0.05, 0) is 45.8 Å². The summed E-state index contributed by atoms with van der Waals surface area (Å²) >= 11 is 6.05. The molecule has 0 saturated carbocycles. The molecule has 0 aliphatic heterocycles. The number of hydrogen-bond acceptors (Lipinski definition) is 2. The number of benzene rings is 2. The molecule has 0 radical (unpaired) electrons. The topological polar surface area (TPSA) is 57.5 Å². The van der Waals surface area contributed by atoms with Crippen molar-refractivity contribution in [3.8, 4) is 0 Å². The predicted octanol–water partition coefficient (Wildman–Crippen LogP) is 4.27. The molecule has 21 heavy (non-hydrogen) atoms. The van der Waals surface area contributed by atoms with Crippen LogP contribution in [0, 0.1) is 11.6 Å². The van der Waals surface area contributed by atoms with E-state index >= 15 is 0 Å². The Morgan fingerprint density at radius 3 is 2.33 bits per heavy atom. The lowest BCUT2D eigenvalue weighted by Gasteiger charge is -2.14. The van der Waals surface area contributed by atoms with Crippen LogP contribution in [0.25, 0.3) is 0 Å². The summed E-state index contributed by atoms with van der Waals surface area (Å²) in [6.07, 6.45) is -1.42. The first kappa shape index (κ1) is 16.1. The first-order valence-corrected chi connectivity index (χ1v) is 7.24. The molecule has 0 aliphatic rings. The van der Waals surface area contributed by atoms with Crippen LogP contribution in [0.5, 0.6) is 0 Å². The Hall–Kier alpha value is -1.31.